The van der Waals surface area contributed by atoms with Crippen molar-refractivity contribution in [3.8, 4) is 0 Å². The molecule has 0 aliphatic rings. The molecule has 0 saturated carbocycles. The quantitative estimate of drug-likeness (QED) is 0.203. The van der Waals surface area contributed by atoms with Crippen LogP contribution in [0.25, 0.3) is 0 Å². The molecule has 0 aliphatic heterocycles. The molecule has 0 aromatic heterocycles. The van der Waals surface area contributed by atoms with E-state index in [4.69, 9.17) is 11.6 Å². The summed E-state index contributed by atoms with van der Waals surface area (Å²) >= 11 is 6.52. The Balaban J connectivity index is 1.79. The fraction of sp³-hybridized carbons (Fsp3) is 0.235. The number of nitrogens with one attached hydrogen (secondary N) is 1. The zero-order valence-electron chi connectivity index (χ0n) is 24.3. The highest BCUT2D eigenvalue weighted by Crippen LogP contribution is 2.26. The predicted octanol–water partition coefficient (Wildman–Crippen LogP) is 5.87. The molecule has 4 aromatic carbocycles. The Labute approximate surface area is 259 Å². The van der Waals surface area contributed by atoms with E-state index in [1.54, 1.807) is 48.5 Å². The van der Waals surface area contributed by atoms with E-state index in [1.165, 1.54) is 17.0 Å². The maximum Gasteiger partial charge on any atom is 0.264 e. The van der Waals surface area contributed by atoms with Gasteiger partial charge in [-0.2, -0.15) is 0 Å². The molecule has 0 spiro atoms. The number of carbonyl (C=O) groups excluding carboxylic acids is 2. The van der Waals surface area contributed by atoms with Crippen LogP contribution in [0.4, 0.5) is 5.69 Å². The first-order valence-electron chi connectivity index (χ1n) is 14.3. The van der Waals surface area contributed by atoms with Gasteiger partial charge in [-0.05, 0) is 60.4 Å². The van der Waals surface area contributed by atoms with Crippen LogP contribution in [0.5, 0.6) is 0 Å². The molecule has 7 nitrogen and oxygen atoms in total. The number of nitrogens with zero attached hydrogens (tertiary/aromatic N) is 2. The fourth-order valence-electron chi connectivity index (χ4n) is 4.80. The lowest BCUT2D eigenvalue weighted by molar-refractivity contribution is -0.140. The molecular weight excluding hydrogens is 582 g/mol. The summed E-state index contributed by atoms with van der Waals surface area (Å²) in [7, 11) is -4.14. The zero-order valence-corrected chi connectivity index (χ0v) is 25.9. The molecule has 2 amide bonds. The first-order valence-corrected chi connectivity index (χ1v) is 16.1. The van der Waals surface area contributed by atoms with Gasteiger partial charge in [0.2, 0.25) is 11.8 Å². The summed E-state index contributed by atoms with van der Waals surface area (Å²) in [5.74, 6) is -0.873. The van der Waals surface area contributed by atoms with Crippen LogP contribution < -0.4 is 9.62 Å². The minimum atomic E-state index is -4.14. The predicted molar refractivity (Wildman–Crippen MR) is 171 cm³/mol. The Morgan fingerprint density at radius 1 is 0.791 bits per heavy atom. The van der Waals surface area contributed by atoms with Gasteiger partial charge >= 0.3 is 0 Å². The van der Waals surface area contributed by atoms with Crippen molar-refractivity contribution in [1.29, 1.82) is 0 Å². The highest BCUT2D eigenvalue weighted by atomic mass is 35.5. The number of sulfonamides is 1. The van der Waals surface area contributed by atoms with Crippen LogP contribution in [0.3, 0.4) is 0 Å². The van der Waals surface area contributed by atoms with E-state index >= 15 is 0 Å². The first-order chi connectivity index (χ1) is 20.7. The number of likely N-dealkylation sites (N-methyl/N-ethyl adjacent to an activating group) is 1. The van der Waals surface area contributed by atoms with E-state index in [2.05, 4.69) is 5.32 Å². The highest BCUT2D eigenvalue weighted by molar-refractivity contribution is 7.92. The molecule has 43 heavy (non-hydrogen) atoms. The molecule has 1 N–H and O–H groups in total. The van der Waals surface area contributed by atoms with Gasteiger partial charge in [0.05, 0.1) is 10.6 Å². The van der Waals surface area contributed by atoms with Crippen molar-refractivity contribution in [3.05, 3.63) is 131 Å². The first kappa shape index (κ1) is 31.8. The Morgan fingerprint density at radius 3 is 2.00 bits per heavy atom. The van der Waals surface area contributed by atoms with E-state index in [0.717, 1.165) is 21.9 Å². The molecular formula is C34H36ClN3O4S. The number of carbonyl (C=O) groups is 2. The van der Waals surface area contributed by atoms with Gasteiger partial charge < -0.3 is 10.2 Å². The highest BCUT2D eigenvalue weighted by Gasteiger charge is 2.34. The second-order valence-electron chi connectivity index (χ2n) is 10.1. The number of halogens is 1. The number of amides is 2. The number of hydrogen-bond donors (Lipinski definition) is 1. The molecule has 4 rings (SSSR count). The molecule has 224 valence electrons. The fourth-order valence-corrected chi connectivity index (χ4v) is 6.43. The van der Waals surface area contributed by atoms with E-state index < -0.39 is 28.5 Å². The summed E-state index contributed by atoms with van der Waals surface area (Å²) in [4.78, 5) is 29.4. The minimum Gasteiger partial charge on any atom is -0.355 e. The summed E-state index contributed by atoms with van der Waals surface area (Å²) in [5.41, 5.74) is 2.89. The van der Waals surface area contributed by atoms with E-state index in [-0.39, 0.29) is 23.8 Å². The standard InChI is InChI=1S/C34H36ClN3O4S/c1-3-26-19-21-29(22-20-26)38(43(41,42)30-16-9-6-10-17-30)25-33(39)37(24-28-15-11-12-18-31(28)35)32(34(40)36-4-2)23-27-13-7-5-8-14-27/h5-22,32H,3-4,23-25H2,1-2H3,(H,36,40)/t32-/m0/s1. The van der Waals surface area contributed by atoms with Crippen molar-refractivity contribution in [1.82, 2.24) is 10.2 Å². The summed E-state index contributed by atoms with van der Waals surface area (Å²) in [6, 6.07) is 30.7. The number of aryl methyl sites for hydroxylation is 1. The lowest BCUT2D eigenvalue weighted by Gasteiger charge is -2.34. The van der Waals surface area contributed by atoms with E-state index in [1.807, 2.05) is 62.4 Å². The van der Waals surface area contributed by atoms with Crippen molar-refractivity contribution < 1.29 is 18.0 Å². The summed E-state index contributed by atoms with van der Waals surface area (Å²) in [6.07, 6.45) is 1.02. The Morgan fingerprint density at radius 2 is 1.40 bits per heavy atom. The largest absolute Gasteiger partial charge is 0.355 e. The van der Waals surface area contributed by atoms with Crippen LogP contribution >= 0.6 is 11.6 Å². The van der Waals surface area contributed by atoms with E-state index in [0.29, 0.717) is 22.8 Å². The van der Waals surface area contributed by atoms with Gasteiger partial charge in [0, 0.05) is 24.5 Å². The second-order valence-corrected chi connectivity index (χ2v) is 12.3. The third-order valence-corrected chi connectivity index (χ3v) is 9.32. The summed E-state index contributed by atoms with van der Waals surface area (Å²) < 4.78 is 29.1. The Kier molecular flexibility index (Phi) is 11.0. The molecule has 0 radical (unpaired) electrons. The van der Waals surface area contributed by atoms with Crippen LogP contribution in [-0.2, 0) is 39.0 Å². The van der Waals surface area contributed by atoms with Gasteiger partial charge in [-0.1, -0.05) is 97.4 Å². The van der Waals surface area contributed by atoms with Crippen molar-refractivity contribution in [3.63, 3.8) is 0 Å². The number of anilines is 1. The molecule has 0 fully saturated rings. The smallest absolute Gasteiger partial charge is 0.264 e. The lowest BCUT2D eigenvalue weighted by Crippen LogP contribution is -2.53. The van der Waals surface area contributed by atoms with Crippen LogP contribution in [0, 0.1) is 0 Å². The van der Waals surface area contributed by atoms with Gasteiger partial charge in [-0.15, -0.1) is 0 Å². The third kappa shape index (κ3) is 8.03. The van der Waals surface area contributed by atoms with Gasteiger partial charge in [0.25, 0.3) is 10.0 Å². The topological polar surface area (TPSA) is 86.8 Å². The zero-order chi connectivity index (χ0) is 30.8. The van der Waals surface area contributed by atoms with Crippen LogP contribution in [0.15, 0.2) is 114 Å². The number of hydrogen-bond acceptors (Lipinski definition) is 4. The SMILES string of the molecule is CCNC(=O)[C@H](Cc1ccccc1)N(Cc1ccccc1Cl)C(=O)CN(c1ccc(CC)cc1)S(=O)(=O)c1ccccc1. The normalized spacial score (nSPS) is 11.9. The summed E-state index contributed by atoms with van der Waals surface area (Å²) in [5, 5.41) is 3.30. The van der Waals surface area contributed by atoms with Gasteiger partial charge in [0.1, 0.15) is 12.6 Å². The van der Waals surface area contributed by atoms with Crippen LogP contribution in [0.1, 0.15) is 30.5 Å². The number of rotatable bonds is 13. The molecule has 1 atom stereocenters. The van der Waals surface area contributed by atoms with Crippen molar-refractivity contribution in [2.45, 2.75) is 44.2 Å². The molecule has 0 aliphatic carbocycles. The third-order valence-electron chi connectivity index (χ3n) is 7.16. The van der Waals surface area contributed by atoms with E-state index in [9.17, 15) is 18.0 Å². The monoisotopic (exact) mass is 617 g/mol. The van der Waals surface area contributed by atoms with Crippen molar-refractivity contribution in [2.75, 3.05) is 17.4 Å². The summed E-state index contributed by atoms with van der Waals surface area (Å²) in [6.45, 7) is 3.69. The van der Waals surface area contributed by atoms with Gasteiger partial charge in [0.15, 0.2) is 0 Å². The average molecular weight is 618 g/mol. The molecule has 4 aromatic rings. The average Bonchev–Trinajstić information content (AvgIpc) is 3.03. The maximum absolute atomic E-state index is 14.4. The van der Waals surface area contributed by atoms with Crippen LogP contribution in [-0.4, -0.2) is 44.3 Å². The van der Waals surface area contributed by atoms with Crippen molar-refractivity contribution >= 4 is 39.1 Å². The second kappa shape index (κ2) is 14.8. The maximum atomic E-state index is 14.4. The van der Waals surface area contributed by atoms with Crippen molar-refractivity contribution in [2.24, 2.45) is 0 Å². The number of benzene rings is 4. The van der Waals surface area contributed by atoms with Gasteiger partial charge in [-0.3, -0.25) is 13.9 Å². The molecule has 0 bridgehead atoms. The van der Waals surface area contributed by atoms with Gasteiger partial charge in [-0.25, -0.2) is 8.42 Å². The molecule has 9 heteroatoms. The molecule has 0 saturated heterocycles. The van der Waals surface area contributed by atoms with Crippen LogP contribution in [0.2, 0.25) is 5.02 Å². The lowest BCUT2D eigenvalue weighted by atomic mass is 10.0. The Hall–Kier alpha value is -4.14. The minimum absolute atomic E-state index is 0.0150. The molecule has 0 unspecified atom stereocenters. The molecule has 0 heterocycles. The Bertz CT molecular complexity index is 1610.